The van der Waals surface area contributed by atoms with Gasteiger partial charge in [0.05, 0.1) is 18.4 Å². The highest BCUT2D eigenvalue weighted by molar-refractivity contribution is 7.99. The van der Waals surface area contributed by atoms with Crippen LogP contribution in [-0.4, -0.2) is 45.7 Å². The van der Waals surface area contributed by atoms with E-state index in [2.05, 4.69) is 29.4 Å². The maximum atomic E-state index is 13.3. The van der Waals surface area contributed by atoms with Gasteiger partial charge in [0.25, 0.3) is 0 Å². The topological polar surface area (TPSA) is 69.0 Å². The molecule has 1 atom stereocenters. The van der Waals surface area contributed by atoms with E-state index in [0.717, 1.165) is 25.0 Å². The fourth-order valence-electron chi connectivity index (χ4n) is 2.86. The number of hydrogen-bond donors (Lipinski definition) is 1. The molecule has 2 heterocycles. The second kappa shape index (κ2) is 9.32. The molecule has 1 N–H and O–H groups in total. The number of halogens is 1. The van der Waals surface area contributed by atoms with Gasteiger partial charge in [0.1, 0.15) is 5.82 Å². The van der Waals surface area contributed by atoms with Gasteiger partial charge in [-0.1, -0.05) is 25.6 Å². The predicted molar refractivity (Wildman–Crippen MR) is 103 cm³/mol. The molecule has 1 aliphatic rings. The summed E-state index contributed by atoms with van der Waals surface area (Å²) >= 11 is 1.36. The zero-order chi connectivity index (χ0) is 19.2. The van der Waals surface area contributed by atoms with E-state index in [0.29, 0.717) is 30.0 Å². The zero-order valence-electron chi connectivity index (χ0n) is 15.7. The molecule has 2 aromatic rings. The van der Waals surface area contributed by atoms with Gasteiger partial charge in [-0.25, -0.2) is 4.39 Å². The summed E-state index contributed by atoms with van der Waals surface area (Å²) in [6, 6.07) is 6.20. The van der Waals surface area contributed by atoms with Crippen molar-refractivity contribution < 1.29 is 13.9 Å². The Bertz CT molecular complexity index is 758. The van der Waals surface area contributed by atoms with Crippen molar-refractivity contribution in [3.63, 3.8) is 0 Å². The van der Waals surface area contributed by atoms with E-state index in [1.165, 1.54) is 23.9 Å². The molecule has 146 valence electrons. The Balaban J connectivity index is 1.76. The number of rotatable bonds is 8. The number of nitrogens with zero attached hydrogens (tertiary/aromatic N) is 3. The summed E-state index contributed by atoms with van der Waals surface area (Å²) < 4.78 is 21.0. The molecule has 6 nitrogen and oxygen atoms in total. The SMILES string of the molecule is CC(C)CNC(=O)CSc1nnc(-c2ccc(F)cc2)n1C[C@H]1CCCO1. The maximum absolute atomic E-state index is 13.3. The summed E-state index contributed by atoms with van der Waals surface area (Å²) in [5.41, 5.74) is 0.790. The molecular formula is C19H25FN4O2S. The van der Waals surface area contributed by atoms with Gasteiger partial charge in [0.2, 0.25) is 5.91 Å². The molecule has 1 aromatic heterocycles. The summed E-state index contributed by atoms with van der Waals surface area (Å²) in [4.78, 5) is 12.0. The fraction of sp³-hybridized carbons (Fsp3) is 0.526. The zero-order valence-corrected chi connectivity index (χ0v) is 16.5. The molecule has 1 aromatic carbocycles. The van der Waals surface area contributed by atoms with Crippen molar-refractivity contribution in [3.8, 4) is 11.4 Å². The second-order valence-corrected chi connectivity index (χ2v) is 7.99. The molecule has 0 spiro atoms. The number of ether oxygens (including phenoxy) is 1. The lowest BCUT2D eigenvalue weighted by Crippen LogP contribution is -2.29. The first-order valence-corrected chi connectivity index (χ1v) is 10.2. The quantitative estimate of drug-likeness (QED) is 0.699. The third-order valence-electron chi connectivity index (χ3n) is 4.27. The molecule has 1 saturated heterocycles. The van der Waals surface area contributed by atoms with Gasteiger partial charge >= 0.3 is 0 Å². The second-order valence-electron chi connectivity index (χ2n) is 7.05. The standard InChI is InChI=1S/C19H25FN4O2S/c1-13(2)10-21-17(25)12-27-19-23-22-18(14-5-7-15(20)8-6-14)24(19)11-16-4-3-9-26-16/h5-8,13,16H,3-4,9-12H2,1-2H3,(H,21,25)/t16-/m1/s1. The Morgan fingerprint density at radius 2 is 2.15 bits per heavy atom. The minimum Gasteiger partial charge on any atom is -0.376 e. The number of carbonyl (C=O) groups excluding carboxylic acids is 1. The van der Waals surface area contributed by atoms with Crippen molar-refractivity contribution in [3.05, 3.63) is 30.1 Å². The summed E-state index contributed by atoms with van der Waals surface area (Å²) in [5, 5.41) is 12.1. The van der Waals surface area contributed by atoms with Gasteiger partial charge < -0.3 is 10.1 Å². The van der Waals surface area contributed by atoms with Gasteiger partial charge in [-0.05, 0) is 43.0 Å². The van der Waals surface area contributed by atoms with Crippen molar-refractivity contribution in [1.29, 1.82) is 0 Å². The average molecular weight is 393 g/mol. The maximum Gasteiger partial charge on any atom is 0.230 e. The van der Waals surface area contributed by atoms with Crippen molar-refractivity contribution in [2.45, 2.75) is 44.5 Å². The third-order valence-corrected chi connectivity index (χ3v) is 5.24. The number of nitrogens with one attached hydrogen (secondary N) is 1. The van der Waals surface area contributed by atoms with Crippen LogP contribution in [0.3, 0.4) is 0 Å². The molecule has 0 saturated carbocycles. The monoisotopic (exact) mass is 392 g/mol. The van der Waals surface area contributed by atoms with Gasteiger partial charge in [-0.2, -0.15) is 0 Å². The Morgan fingerprint density at radius 1 is 1.37 bits per heavy atom. The van der Waals surface area contributed by atoms with E-state index in [4.69, 9.17) is 4.74 Å². The normalized spacial score (nSPS) is 16.8. The molecule has 0 bridgehead atoms. The number of hydrogen-bond acceptors (Lipinski definition) is 5. The highest BCUT2D eigenvalue weighted by Crippen LogP contribution is 2.26. The first-order chi connectivity index (χ1) is 13.0. The van der Waals surface area contributed by atoms with Gasteiger partial charge in [0, 0.05) is 18.7 Å². The Labute approximate surface area is 162 Å². The van der Waals surface area contributed by atoms with Crippen molar-refractivity contribution in [2.24, 2.45) is 5.92 Å². The lowest BCUT2D eigenvalue weighted by molar-refractivity contribution is -0.118. The van der Waals surface area contributed by atoms with Crippen molar-refractivity contribution in [2.75, 3.05) is 18.9 Å². The molecular weight excluding hydrogens is 367 g/mol. The van der Waals surface area contributed by atoms with Crippen LogP contribution in [0.15, 0.2) is 29.4 Å². The highest BCUT2D eigenvalue weighted by atomic mass is 32.2. The number of benzene rings is 1. The van der Waals surface area contributed by atoms with Crippen LogP contribution in [0.25, 0.3) is 11.4 Å². The van der Waals surface area contributed by atoms with E-state index in [-0.39, 0.29) is 23.6 Å². The van der Waals surface area contributed by atoms with Crippen LogP contribution in [0, 0.1) is 11.7 Å². The number of carbonyl (C=O) groups is 1. The van der Waals surface area contributed by atoms with Gasteiger partial charge in [-0.15, -0.1) is 10.2 Å². The molecule has 0 radical (unpaired) electrons. The van der Waals surface area contributed by atoms with Gasteiger partial charge in [-0.3, -0.25) is 9.36 Å². The Kier molecular flexibility index (Phi) is 6.84. The predicted octanol–water partition coefficient (Wildman–Crippen LogP) is 3.13. The van der Waals surface area contributed by atoms with Crippen LogP contribution in [0.1, 0.15) is 26.7 Å². The summed E-state index contributed by atoms with van der Waals surface area (Å²) in [6.45, 7) is 6.15. The summed E-state index contributed by atoms with van der Waals surface area (Å²) in [5.74, 6) is 1.03. The summed E-state index contributed by atoms with van der Waals surface area (Å²) in [7, 11) is 0. The van der Waals surface area contributed by atoms with Crippen LogP contribution in [-0.2, 0) is 16.1 Å². The van der Waals surface area contributed by atoms with Crippen LogP contribution >= 0.6 is 11.8 Å². The molecule has 0 aliphatic carbocycles. The van der Waals surface area contributed by atoms with E-state index >= 15 is 0 Å². The van der Waals surface area contributed by atoms with Crippen molar-refractivity contribution >= 4 is 17.7 Å². The van der Waals surface area contributed by atoms with Crippen LogP contribution in [0.5, 0.6) is 0 Å². The molecule has 1 amide bonds. The number of amides is 1. The van der Waals surface area contributed by atoms with E-state index < -0.39 is 0 Å². The first-order valence-electron chi connectivity index (χ1n) is 9.23. The minimum atomic E-state index is -0.291. The molecule has 1 fully saturated rings. The highest BCUT2D eigenvalue weighted by Gasteiger charge is 2.22. The molecule has 1 aliphatic heterocycles. The largest absolute Gasteiger partial charge is 0.376 e. The van der Waals surface area contributed by atoms with Crippen LogP contribution < -0.4 is 5.32 Å². The first kappa shape index (κ1) is 19.8. The van der Waals surface area contributed by atoms with Crippen LogP contribution in [0.2, 0.25) is 0 Å². The third kappa shape index (κ3) is 5.52. The lowest BCUT2D eigenvalue weighted by atomic mass is 10.2. The number of aromatic nitrogens is 3. The molecule has 0 unspecified atom stereocenters. The van der Waals surface area contributed by atoms with E-state index in [1.54, 1.807) is 12.1 Å². The van der Waals surface area contributed by atoms with Crippen LogP contribution in [0.4, 0.5) is 4.39 Å². The fourth-order valence-corrected chi connectivity index (χ4v) is 3.64. The molecule has 3 rings (SSSR count). The lowest BCUT2D eigenvalue weighted by Gasteiger charge is -2.15. The Hall–Kier alpha value is -1.93. The van der Waals surface area contributed by atoms with Crippen molar-refractivity contribution in [1.82, 2.24) is 20.1 Å². The molecule has 27 heavy (non-hydrogen) atoms. The smallest absolute Gasteiger partial charge is 0.230 e. The van der Waals surface area contributed by atoms with E-state index in [1.807, 2.05) is 4.57 Å². The summed E-state index contributed by atoms with van der Waals surface area (Å²) in [6.07, 6.45) is 2.13. The molecule has 8 heteroatoms. The van der Waals surface area contributed by atoms with E-state index in [9.17, 15) is 9.18 Å². The Morgan fingerprint density at radius 3 is 2.81 bits per heavy atom. The average Bonchev–Trinajstić information content (AvgIpc) is 3.29. The number of thioether (sulfide) groups is 1. The van der Waals surface area contributed by atoms with Gasteiger partial charge in [0.15, 0.2) is 11.0 Å². The minimum absolute atomic E-state index is 0.0244.